The molecule has 2 aromatic rings. The van der Waals surface area contributed by atoms with E-state index < -0.39 is 0 Å². The molecule has 92 valence electrons. The summed E-state index contributed by atoms with van der Waals surface area (Å²) in [6, 6.07) is 17.6. The van der Waals surface area contributed by atoms with Gasteiger partial charge in [-0.05, 0) is 43.3 Å². The van der Waals surface area contributed by atoms with Gasteiger partial charge in [0, 0.05) is 4.47 Å². The lowest BCUT2D eigenvalue weighted by molar-refractivity contribution is 0.336. The SMILES string of the molecule is CCOc1cccccc1=Nc1ccc(Br)cc1. The maximum atomic E-state index is 5.59. The Hall–Kier alpha value is -1.61. The smallest absolute Gasteiger partial charge is 0.144 e. The van der Waals surface area contributed by atoms with Gasteiger partial charge in [-0.2, -0.15) is 0 Å². The van der Waals surface area contributed by atoms with E-state index in [0.29, 0.717) is 6.61 Å². The van der Waals surface area contributed by atoms with Gasteiger partial charge in [-0.15, -0.1) is 0 Å². The number of nitrogens with zero attached hydrogens (tertiary/aromatic N) is 1. The minimum absolute atomic E-state index is 0.632. The molecule has 0 aliphatic rings. The molecule has 0 spiro atoms. The van der Waals surface area contributed by atoms with Gasteiger partial charge in [0.05, 0.1) is 12.3 Å². The van der Waals surface area contributed by atoms with Crippen molar-refractivity contribution in [1.82, 2.24) is 0 Å². The summed E-state index contributed by atoms with van der Waals surface area (Å²) in [5.74, 6) is 0.797. The van der Waals surface area contributed by atoms with Crippen LogP contribution < -0.4 is 10.1 Å². The zero-order chi connectivity index (χ0) is 12.8. The van der Waals surface area contributed by atoms with Crippen LogP contribution in [0.25, 0.3) is 0 Å². The van der Waals surface area contributed by atoms with Crippen LogP contribution in [0.1, 0.15) is 6.92 Å². The molecule has 2 aromatic carbocycles. The number of halogens is 1. The van der Waals surface area contributed by atoms with E-state index in [2.05, 4.69) is 20.9 Å². The lowest BCUT2D eigenvalue weighted by Gasteiger charge is -2.00. The summed E-state index contributed by atoms with van der Waals surface area (Å²) in [4.78, 5) is 4.59. The van der Waals surface area contributed by atoms with Crippen molar-refractivity contribution in [3.8, 4) is 5.75 Å². The summed E-state index contributed by atoms with van der Waals surface area (Å²) in [5, 5.41) is 0.837. The highest BCUT2D eigenvalue weighted by atomic mass is 79.9. The number of benzene rings is 1. The highest BCUT2D eigenvalue weighted by Crippen LogP contribution is 2.16. The van der Waals surface area contributed by atoms with Crippen molar-refractivity contribution in [2.45, 2.75) is 6.92 Å². The summed E-state index contributed by atoms with van der Waals surface area (Å²) in [6.07, 6.45) is 0. The molecule has 0 bridgehead atoms. The molecule has 18 heavy (non-hydrogen) atoms. The monoisotopic (exact) mass is 303 g/mol. The third-order valence-electron chi connectivity index (χ3n) is 2.35. The maximum absolute atomic E-state index is 5.59. The van der Waals surface area contributed by atoms with Gasteiger partial charge < -0.3 is 4.74 Å². The molecule has 0 atom stereocenters. The van der Waals surface area contributed by atoms with Crippen molar-refractivity contribution in [3.63, 3.8) is 0 Å². The summed E-state index contributed by atoms with van der Waals surface area (Å²) in [5.41, 5.74) is 0.908. The quantitative estimate of drug-likeness (QED) is 0.837. The van der Waals surface area contributed by atoms with Crippen molar-refractivity contribution in [2.75, 3.05) is 6.61 Å². The molecule has 0 aromatic heterocycles. The Kier molecular flexibility index (Phi) is 4.53. The summed E-state index contributed by atoms with van der Waals surface area (Å²) < 4.78 is 6.64. The first-order valence-electron chi connectivity index (χ1n) is 5.82. The average Bonchev–Trinajstić information content (AvgIpc) is 2.59. The van der Waals surface area contributed by atoms with Crippen molar-refractivity contribution in [3.05, 3.63) is 64.4 Å². The van der Waals surface area contributed by atoms with E-state index in [0.717, 1.165) is 21.3 Å². The van der Waals surface area contributed by atoms with E-state index in [1.165, 1.54) is 0 Å². The Labute approximate surface area is 115 Å². The summed E-state index contributed by atoms with van der Waals surface area (Å²) >= 11 is 3.41. The molecule has 0 radical (unpaired) electrons. The fourth-order valence-electron chi connectivity index (χ4n) is 1.55. The topological polar surface area (TPSA) is 21.6 Å². The number of hydrogen-bond acceptors (Lipinski definition) is 2. The fraction of sp³-hybridized carbons (Fsp3) is 0.133. The predicted octanol–water partition coefficient (Wildman–Crippen LogP) is 4.08. The Morgan fingerprint density at radius 2 is 1.72 bits per heavy atom. The van der Waals surface area contributed by atoms with Gasteiger partial charge in [-0.25, -0.2) is 4.99 Å². The first-order chi connectivity index (χ1) is 8.79. The molecule has 3 heteroatoms. The van der Waals surface area contributed by atoms with Gasteiger partial charge in [0.2, 0.25) is 0 Å². The highest BCUT2D eigenvalue weighted by Gasteiger charge is 1.95. The van der Waals surface area contributed by atoms with Crippen molar-refractivity contribution < 1.29 is 4.74 Å². The van der Waals surface area contributed by atoms with Gasteiger partial charge in [0.1, 0.15) is 11.1 Å². The second-order valence-corrected chi connectivity index (χ2v) is 4.60. The average molecular weight is 304 g/mol. The predicted molar refractivity (Wildman–Crippen MR) is 77.0 cm³/mol. The van der Waals surface area contributed by atoms with Crippen molar-refractivity contribution in [2.24, 2.45) is 4.99 Å². The Balaban J connectivity index is 2.49. The van der Waals surface area contributed by atoms with Gasteiger partial charge in [-0.1, -0.05) is 34.1 Å². The second-order valence-electron chi connectivity index (χ2n) is 3.68. The van der Waals surface area contributed by atoms with E-state index >= 15 is 0 Å². The van der Waals surface area contributed by atoms with Gasteiger partial charge >= 0.3 is 0 Å². The van der Waals surface area contributed by atoms with E-state index in [4.69, 9.17) is 4.74 Å². The van der Waals surface area contributed by atoms with Crippen molar-refractivity contribution >= 4 is 21.6 Å². The molecule has 0 saturated heterocycles. The van der Waals surface area contributed by atoms with Crippen LogP contribution in [0.3, 0.4) is 0 Å². The van der Waals surface area contributed by atoms with Crippen LogP contribution in [0.15, 0.2) is 64.1 Å². The molecule has 0 N–H and O–H groups in total. The molecule has 0 heterocycles. The van der Waals surface area contributed by atoms with Gasteiger partial charge in [-0.3, -0.25) is 0 Å². The van der Waals surface area contributed by atoms with Crippen LogP contribution in [0.5, 0.6) is 5.75 Å². The largest absolute Gasteiger partial charge is 0.492 e. The Morgan fingerprint density at radius 1 is 1.00 bits per heavy atom. The molecule has 0 amide bonds. The molecule has 2 rings (SSSR count). The molecular formula is C15H14BrNO. The van der Waals surface area contributed by atoms with E-state index in [1.807, 2.05) is 61.5 Å². The zero-order valence-electron chi connectivity index (χ0n) is 10.1. The molecule has 0 aliphatic heterocycles. The molecule has 0 saturated carbocycles. The van der Waals surface area contributed by atoms with Crippen LogP contribution in [0.4, 0.5) is 5.69 Å². The zero-order valence-corrected chi connectivity index (χ0v) is 11.7. The lowest BCUT2D eigenvalue weighted by atomic mass is 10.3. The number of ether oxygens (including phenoxy) is 1. The van der Waals surface area contributed by atoms with Crippen molar-refractivity contribution in [1.29, 1.82) is 0 Å². The minimum atomic E-state index is 0.632. The van der Waals surface area contributed by atoms with Crippen LogP contribution in [0, 0.1) is 0 Å². The normalized spacial score (nSPS) is 11.3. The third kappa shape index (κ3) is 3.44. The van der Waals surface area contributed by atoms with Crippen LogP contribution in [-0.2, 0) is 0 Å². The van der Waals surface area contributed by atoms with E-state index in [1.54, 1.807) is 0 Å². The molecule has 2 nitrogen and oxygen atoms in total. The second kappa shape index (κ2) is 6.36. The fourth-order valence-corrected chi connectivity index (χ4v) is 1.81. The van der Waals surface area contributed by atoms with Gasteiger partial charge in [0.25, 0.3) is 0 Å². The Bertz CT molecular complexity index is 578. The van der Waals surface area contributed by atoms with E-state index in [-0.39, 0.29) is 0 Å². The first kappa shape index (κ1) is 12.8. The van der Waals surface area contributed by atoms with Crippen LogP contribution in [-0.4, -0.2) is 6.61 Å². The number of hydrogen-bond donors (Lipinski definition) is 0. The van der Waals surface area contributed by atoms with Crippen LogP contribution in [0.2, 0.25) is 0 Å². The molecule has 0 unspecified atom stereocenters. The first-order valence-corrected chi connectivity index (χ1v) is 6.61. The Morgan fingerprint density at radius 3 is 2.44 bits per heavy atom. The highest BCUT2D eigenvalue weighted by molar-refractivity contribution is 9.10. The molecule has 0 aliphatic carbocycles. The standard InChI is InChI=1S/C15H14BrNO/c1-2-18-15-7-5-3-4-6-14(15)17-13-10-8-12(16)9-11-13/h3-11H,2H2,1H3. The van der Waals surface area contributed by atoms with Gasteiger partial charge in [0.15, 0.2) is 0 Å². The van der Waals surface area contributed by atoms with E-state index in [9.17, 15) is 0 Å². The number of rotatable bonds is 3. The van der Waals surface area contributed by atoms with Crippen LogP contribution >= 0.6 is 15.9 Å². The maximum Gasteiger partial charge on any atom is 0.144 e. The summed E-state index contributed by atoms with van der Waals surface area (Å²) in [7, 11) is 0. The summed E-state index contributed by atoms with van der Waals surface area (Å²) in [6.45, 7) is 2.60. The molecule has 0 fully saturated rings. The lowest BCUT2D eigenvalue weighted by Crippen LogP contribution is -2.05. The minimum Gasteiger partial charge on any atom is -0.492 e. The molecular weight excluding hydrogens is 290 g/mol. The third-order valence-corrected chi connectivity index (χ3v) is 2.88.